The van der Waals surface area contributed by atoms with Crippen LogP contribution in [-0.4, -0.2) is 74.1 Å². The predicted molar refractivity (Wildman–Crippen MR) is 113 cm³/mol. The van der Waals surface area contributed by atoms with Crippen molar-refractivity contribution in [3.63, 3.8) is 0 Å². The van der Waals surface area contributed by atoms with Gasteiger partial charge in [-0.15, -0.1) is 0 Å². The van der Waals surface area contributed by atoms with Crippen LogP contribution >= 0.6 is 0 Å². The van der Waals surface area contributed by atoms with Crippen LogP contribution in [0.25, 0.3) is 11.3 Å². The van der Waals surface area contributed by atoms with Crippen LogP contribution in [0.4, 0.5) is 11.5 Å². The highest BCUT2D eigenvalue weighted by molar-refractivity contribution is 5.91. The molecule has 0 radical (unpaired) electrons. The summed E-state index contributed by atoms with van der Waals surface area (Å²) in [6.07, 6.45) is 5.15. The Kier molecular flexibility index (Phi) is 6.06. The van der Waals surface area contributed by atoms with Crippen molar-refractivity contribution in [3.8, 4) is 11.3 Å². The molecule has 4 rings (SSSR count). The molecule has 158 valence electrons. The van der Waals surface area contributed by atoms with Gasteiger partial charge in [-0.1, -0.05) is 0 Å². The zero-order chi connectivity index (χ0) is 21.1. The van der Waals surface area contributed by atoms with E-state index in [1.165, 1.54) is 0 Å². The monoisotopic (exact) mass is 410 g/mol. The van der Waals surface area contributed by atoms with Crippen molar-refractivity contribution in [3.05, 3.63) is 35.7 Å². The summed E-state index contributed by atoms with van der Waals surface area (Å²) in [7, 11) is 0. The third kappa shape index (κ3) is 4.20. The quantitative estimate of drug-likeness (QED) is 0.694. The van der Waals surface area contributed by atoms with Crippen LogP contribution in [0, 0.1) is 0 Å². The molecule has 0 aliphatic carbocycles. The average molecular weight is 410 g/mol. The van der Waals surface area contributed by atoms with E-state index >= 15 is 0 Å². The molecule has 2 aliphatic heterocycles. The smallest absolute Gasteiger partial charge is 0.152 e. The Balaban J connectivity index is 1.65. The van der Waals surface area contributed by atoms with Gasteiger partial charge in [-0.05, 0) is 26.0 Å². The SMILES string of the molecule is C[C@@H]1CN(c2cnc(-c3cnc(N4CCOCC4)cc3C=O)cc2C=O)C[C@H](C)O1. The van der Waals surface area contributed by atoms with Crippen molar-refractivity contribution in [2.75, 3.05) is 49.2 Å². The first kappa shape index (κ1) is 20.4. The van der Waals surface area contributed by atoms with Crippen molar-refractivity contribution < 1.29 is 19.1 Å². The molecule has 30 heavy (non-hydrogen) atoms. The van der Waals surface area contributed by atoms with Gasteiger partial charge in [0.2, 0.25) is 0 Å². The maximum atomic E-state index is 11.8. The van der Waals surface area contributed by atoms with Crippen molar-refractivity contribution in [1.82, 2.24) is 9.97 Å². The Bertz CT molecular complexity index is 919. The summed E-state index contributed by atoms with van der Waals surface area (Å²) in [6.45, 7) is 8.19. The zero-order valence-electron chi connectivity index (χ0n) is 17.3. The standard InChI is InChI=1S/C22H26N4O4/c1-15-11-26(12-16(2)30-15)21-10-23-20(7-18(21)14-28)19-9-24-22(8-17(19)13-27)25-3-5-29-6-4-25/h7-10,13-16H,3-6,11-12H2,1-2H3/t15-,16+. The molecule has 4 heterocycles. The predicted octanol–water partition coefficient (Wildman–Crippen LogP) is 2.22. The van der Waals surface area contributed by atoms with Crippen LogP contribution in [-0.2, 0) is 9.47 Å². The lowest BCUT2D eigenvalue weighted by Crippen LogP contribution is -2.45. The van der Waals surface area contributed by atoms with Gasteiger partial charge in [0.1, 0.15) is 5.82 Å². The number of carbonyl (C=O) groups excluding carboxylic acids is 2. The van der Waals surface area contributed by atoms with E-state index in [4.69, 9.17) is 9.47 Å². The van der Waals surface area contributed by atoms with E-state index in [1.54, 1.807) is 24.5 Å². The van der Waals surface area contributed by atoms with Crippen LogP contribution < -0.4 is 9.80 Å². The maximum Gasteiger partial charge on any atom is 0.152 e. The lowest BCUT2D eigenvalue weighted by atomic mass is 10.0. The fraction of sp³-hybridized carbons (Fsp3) is 0.455. The molecule has 2 saturated heterocycles. The molecular formula is C22H26N4O4. The first-order chi connectivity index (χ1) is 14.6. The molecule has 0 amide bonds. The van der Waals surface area contributed by atoms with Crippen LogP contribution in [0.15, 0.2) is 24.5 Å². The maximum absolute atomic E-state index is 11.8. The van der Waals surface area contributed by atoms with Crippen LogP contribution in [0.3, 0.4) is 0 Å². The number of nitrogens with zero attached hydrogens (tertiary/aromatic N) is 4. The molecule has 0 N–H and O–H groups in total. The minimum absolute atomic E-state index is 0.0755. The van der Waals surface area contributed by atoms with Gasteiger partial charge in [0.05, 0.1) is 43.0 Å². The Labute approximate surface area is 175 Å². The summed E-state index contributed by atoms with van der Waals surface area (Å²) in [5, 5.41) is 0. The molecular weight excluding hydrogens is 384 g/mol. The molecule has 0 unspecified atom stereocenters. The highest BCUT2D eigenvalue weighted by Gasteiger charge is 2.25. The van der Waals surface area contributed by atoms with Gasteiger partial charge in [0.15, 0.2) is 12.6 Å². The minimum atomic E-state index is 0.0755. The molecule has 2 atom stereocenters. The molecule has 0 spiro atoms. The minimum Gasteiger partial charge on any atom is -0.378 e. The van der Waals surface area contributed by atoms with Gasteiger partial charge in [-0.25, -0.2) is 4.98 Å². The molecule has 8 heteroatoms. The Morgan fingerprint density at radius 2 is 1.63 bits per heavy atom. The summed E-state index contributed by atoms with van der Waals surface area (Å²) in [5.41, 5.74) is 2.98. The van der Waals surface area contributed by atoms with Gasteiger partial charge >= 0.3 is 0 Å². The molecule has 0 aromatic carbocycles. The van der Waals surface area contributed by atoms with E-state index < -0.39 is 0 Å². The summed E-state index contributed by atoms with van der Waals surface area (Å²) >= 11 is 0. The lowest BCUT2D eigenvalue weighted by Gasteiger charge is -2.37. The Morgan fingerprint density at radius 3 is 2.30 bits per heavy atom. The van der Waals surface area contributed by atoms with Gasteiger partial charge in [-0.3, -0.25) is 14.6 Å². The zero-order valence-corrected chi connectivity index (χ0v) is 17.3. The van der Waals surface area contributed by atoms with Crippen LogP contribution in [0.5, 0.6) is 0 Å². The van der Waals surface area contributed by atoms with Crippen molar-refractivity contribution in [2.24, 2.45) is 0 Å². The first-order valence-electron chi connectivity index (χ1n) is 10.2. The average Bonchev–Trinajstić information content (AvgIpc) is 2.78. The van der Waals surface area contributed by atoms with Crippen molar-refractivity contribution in [1.29, 1.82) is 0 Å². The van der Waals surface area contributed by atoms with Gasteiger partial charge in [-0.2, -0.15) is 0 Å². The number of aromatic nitrogens is 2. The number of hydrogen-bond acceptors (Lipinski definition) is 8. The van der Waals surface area contributed by atoms with Crippen molar-refractivity contribution in [2.45, 2.75) is 26.1 Å². The van der Waals surface area contributed by atoms with E-state index in [0.717, 1.165) is 37.2 Å². The summed E-state index contributed by atoms with van der Waals surface area (Å²) in [6, 6.07) is 3.50. The second kappa shape index (κ2) is 8.89. The molecule has 8 nitrogen and oxygen atoms in total. The van der Waals surface area contributed by atoms with E-state index in [9.17, 15) is 9.59 Å². The topological polar surface area (TPSA) is 84.9 Å². The number of carbonyl (C=O) groups is 2. The molecule has 2 aliphatic rings. The fourth-order valence-electron chi connectivity index (χ4n) is 4.08. The Hall–Kier alpha value is -2.84. The molecule has 2 aromatic rings. The molecule has 2 fully saturated rings. The van der Waals surface area contributed by atoms with Crippen LogP contribution in [0.1, 0.15) is 34.6 Å². The Morgan fingerprint density at radius 1 is 0.933 bits per heavy atom. The van der Waals surface area contributed by atoms with E-state index in [1.807, 2.05) is 13.8 Å². The fourth-order valence-corrected chi connectivity index (χ4v) is 4.08. The number of anilines is 2. The highest BCUT2D eigenvalue weighted by Crippen LogP contribution is 2.29. The second-order valence-corrected chi connectivity index (χ2v) is 7.76. The third-order valence-corrected chi connectivity index (χ3v) is 5.46. The number of ether oxygens (including phenoxy) is 2. The summed E-state index contributed by atoms with van der Waals surface area (Å²) in [4.78, 5) is 36.9. The first-order valence-corrected chi connectivity index (χ1v) is 10.2. The highest BCUT2D eigenvalue weighted by atomic mass is 16.5. The second-order valence-electron chi connectivity index (χ2n) is 7.76. The number of aldehydes is 2. The summed E-state index contributed by atoms with van der Waals surface area (Å²) in [5.74, 6) is 0.743. The number of pyridine rings is 2. The third-order valence-electron chi connectivity index (χ3n) is 5.46. The summed E-state index contributed by atoms with van der Waals surface area (Å²) < 4.78 is 11.2. The van der Waals surface area contributed by atoms with Gasteiger partial charge in [0, 0.05) is 49.1 Å². The van der Waals surface area contributed by atoms with E-state index in [2.05, 4.69) is 19.8 Å². The van der Waals surface area contributed by atoms with Crippen LogP contribution in [0.2, 0.25) is 0 Å². The normalized spacial score (nSPS) is 22.1. The van der Waals surface area contributed by atoms with Crippen molar-refractivity contribution >= 4 is 24.1 Å². The molecule has 2 aromatic heterocycles. The lowest BCUT2D eigenvalue weighted by molar-refractivity contribution is -0.00527. The van der Waals surface area contributed by atoms with E-state index in [-0.39, 0.29) is 12.2 Å². The van der Waals surface area contributed by atoms with E-state index in [0.29, 0.717) is 48.7 Å². The number of morpholine rings is 2. The number of hydrogen-bond donors (Lipinski definition) is 0. The van der Waals surface area contributed by atoms with Gasteiger partial charge in [0.25, 0.3) is 0 Å². The molecule has 0 bridgehead atoms. The number of rotatable bonds is 5. The van der Waals surface area contributed by atoms with Gasteiger partial charge < -0.3 is 19.3 Å². The largest absolute Gasteiger partial charge is 0.378 e. The molecule has 0 saturated carbocycles.